The molecular weight excluding hydrogens is 1050 g/mol. The second-order valence-corrected chi connectivity index (χ2v) is 20.6. The number of nitrogens with two attached hydrogens (primary N) is 5. The molecule has 0 saturated heterocycles. The third-order valence-electron chi connectivity index (χ3n) is 11.6. The fraction of sp³-hybridized carbons (Fsp3) is 0.612. The van der Waals surface area contributed by atoms with E-state index in [9.17, 15) is 67.7 Å². The van der Waals surface area contributed by atoms with Crippen LogP contribution in [0.3, 0.4) is 0 Å². The molecule has 0 aliphatic heterocycles. The van der Waals surface area contributed by atoms with Crippen LogP contribution >= 0.6 is 12.6 Å². The highest BCUT2D eigenvalue weighted by Gasteiger charge is 2.36. The molecule has 30 heteroatoms. The Bertz CT molecular complexity index is 2310. The molecular formula is C49H81N15O14S. The Morgan fingerprint density at radius 2 is 0.886 bits per heavy atom. The van der Waals surface area contributed by atoms with E-state index >= 15 is 0 Å². The van der Waals surface area contributed by atoms with Crippen molar-refractivity contribution >= 4 is 89.5 Å². The van der Waals surface area contributed by atoms with E-state index in [0.717, 1.165) is 0 Å². The lowest BCUT2D eigenvalue weighted by molar-refractivity contribution is -0.143. The van der Waals surface area contributed by atoms with Crippen molar-refractivity contribution in [3.8, 4) is 5.75 Å². The first-order valence-electron chi connectivity index (χ1n) is 25.6. The van der Waals surface area contributed by atoms with Gasteiger partial charge in [0.15, 0.2) is 5.96 Å². The molecule has 0 saturated carbocycles. The molecule has 0 heterocycles. The number of benzene rings is 1. The Balaban J connectivity index is 3.66. The highest BCUT2D eigenvalue weighted by molar-refractivity contribution is 7.80. The number of phenols is 1. The zero-order valence-electron chi connectivity index (χ0n) is 45.4. The molecule has 0 radical (unpaired) electrons. The van der Waals surface area contributed by atoms with Crippen molar-refractivity contribution in [1.29, 1.82) is 5.41 Å². The Morgan fingerprint density at radius 3 is 1.34 bits per heavy atom. The monoisotopic (exact) mass is 1140 g/mol. The average molecular weight is 1140 g/mol. The smallest absolute Gasteiger partial charge is 0.326 e. The SMILES string of the molecule is CC(C)C[C@H](NC(=O)[C@H](CCC(N)=O)NC(=O)[C@H](CC(C)C)NC(=O)[C@@H](N)CC(C)C)C(=O)N[C@@H](CCCNC(=N)N)C(=O)N[C@@H](CC(N)=O)C(=O)N[C@@H](Cc1ccc(O)cc1)C(=O)N[C@@H](CS)C(=O)N[C@@H](CC(N)=O)C(=O)O. The highest BCUT2D eigenvalue weighted by Crippen LogP contribution is 2.14. The number of carbonyl (C=O) groups is 12. The van der Waals surface area contributed by atoms with Gasteiger partial charge in [-0.3, -0.25) is 58.1 Å². The first-order valence-corrected chi connectivity index (χ1v) is 26.2. The van der Waals surface area contributed by atoms with Gasteiger partial charge in [0.1, 0.15) is 54.1 Å². The van der Waals surface area contributed by atoms with E-state index in [1.54, 1.807) is 27.7 Å². The number of phenolic OH excluding ortho intramolecular Hbond substituents is 1. The molecule has 1 aromatic carbocycles. The van der Waals surface area contributed by atoms with Crippen LogP contribution in [0.4, 0.5) is 0 Å². The summed E-state index contributed by atoms with van der Waals surface area (Å²) in [6.45, 7) is 10.8. The number of hydrogen-bond acceptors (Lipinski definition) is 16. The molecule has 29 nitrogen and oxygen atoms in total. The van der Waals surface area contributed by atoms with Crippen LogP contribution in [0, 0.1) is 23.2 Å². The first kappa shape index (κ1) is 69.3. The van der Waals surface area contributed by atoms with Gasteiger partial charge in [-0.2, -0.15) is 12.6 Å². The maximum atomic E-state index is 14.3. The Labute approximate surface area is 463 Å². The van der Waals surface area contributed by atoms with Gasteiger partial charge in [-0.15, -0.1) is 0 Å². The third kappa shape index (κ3) is 27.9. The van der Waals surface area contributed by atoms with E-state index in [4.69, 9.17) is 34.1 Å². The zero-order valence-corrected chi connectivity index (χ0v) is 46.2. The van der Waals surface area contributed by atoms with Gasteiger partial charge in [-0.05, 0) is 74.0 Å². The molecule has 0 fully saturated rings. The molecule has 0 aromatic heterocycles. The summed E-state index contributed by atoms with van der Waals surface area (Å²) in [4.78, 5) is 158. The van der Waals surface area contributed by atoms with Crippen molar-refractivity contribution < 1.29 is 67.7 Å². The summed E-state index contributed by atoms with van der Waals surface area (Å²) in [6, 6.07) is -8.11. The maximum Gasteiger partial charge on any atom is 0.326 e. The molecule has 11 amide bonds. The van der Waals surface area contributed by atoms with Gasteiger partial charge in [0.25, 0.3) is 0 Å². The van der Waals surface area contributed by atoms with Gasteiger partial charge >= 0.3 is 5.97 Å². The van der Waals surface area contributed by atoms with Gasteiger partial charge in [-0.1, -0.05) is 53.7 Å². The molecule has 1 aromatic rings. The minimum absolute atomic E-state index is 0.00301. The van der Waals surface area contributed by atoms with Crippen molar-refractivity contribution in [1.82, 2.24) is 47.9 Å². The Kier molecular flexibility index (Phi) is 30.6. The number of nitrogens with one attached hydrogen (secondary N) is 10. The van der Waals surface area contributed by atoms with Gasteiger partial charge in [-0.25, -0.2) is 4.79 Å². The maximum absolute atomic E-state index is 14.3. The van der Waals surface area contributed by atoms with Crippen molar-refractivity contribution in [3.05, 3.63) is 29.8 Å². The zero-order chi connectivity index (χ0) is 60.3. The average Bonchev–Trinajstić information content (AvgIpc) is 3.33. The van der Waals surface area contributed by atoms with Crippen LogP contribution in [0.2, 0.25) is 0 Å². The standard InChI is InChI=1S/C49H81N15O14S/c1-23(2)16-28(50)40(69)59-31(17-24(3)4)43(72)58-30(13-14-37(51)66)42(71)60-32(18-25(5)6)44(73)57-29(8-7-15-56-49(54)55)41(70)62-34(20-38(52)67)46(75)61-33(19-26-9-11-27(65)12-10-26)45(74)64-36(22-79)47(76)63-35(48(77)78)21-39(53)68/h9-12,23-25,28-36,65,79H,7-8,13-22,50H2,1-6H3,(H2,51,66)(H2,52,67)(H2,53,68)(H,57,73)(H,58,72)(H,59,69)(H,60,71)(H,61,75)(H,62,70)(H,63,76)(H,64,74)(H,77,78)(H4,54,55,56)/t28-,29-,30-,31-,32-,33-,34-,35-,36-/m0/s1. The summed E-state index contributed by atoms with van der Waals surface area (Å²) >= 11 is 4.09. The number of carbonyl (C=O) groups excluding carboxylic acids is 11. The van der Waals surface area contributed by atoms with Crippen molar-refractivity contribution in [2.75, 3.05) is 12.3 Å². The van der Waals surface area contributed by atoms with Crippen LogP contribution in [0.15, 0.2) is 24.3 Å². The number of primary amides is 3. The summed E-state index contributed by atoms with van der Waals surface area (Å²) in [6.07, 6.45) is -2.55. The summed E-state index contributed by atoms with van der Waals surface area (Å²) in [7, 11) is 0. The topological polar surface area (TPSA) is 508 Å². The molecule has 0 aliphatic rings. The number of carboxylic acids is 1. The van der Waals surface area contributed by atoms with E-state index in [-0.39, 0.29) is 75.0 Å². The third-order valence-corrected chi connectivity index (χ3v) is 11.9. The van der Waals surface area contributed by atoms with E-state index in [2.05, 4.69) is 60.5 Å². The van der Waals surface area contributed by atoms with Crippen molar-refractivity contribution in [2.45, 2.75) is 160 Å². The summed E-state index contributed by atoms with van der Waals surface area (Å²) in [5.41, 5.74) is 27.9. The van der Waals surface area contributed by atoms with Crippen LogP contribution in [0.5, 0.6) is 5.75 Å². The number of amides is 11. The number of aromatic hydroxyl groups is 1. The van der Waals surface area contributed by atoms with E-state index in [1.807, 2.05) is 13.8 Å². The number of aliphatic carboxylic acids is 1. The van der Waals surface area contributed by atoms with Crippen LogP contribution in [-0.4, -0.2) is 154 Å². The van der Waals surface area contributed by atoms with Crippen molar-refractivity contribution in [2.24, 2.45) is 46.4 Å². The van der Waals surface area contributed by atoms with Gasteiger partial charge in [0.2, 0.25) is 65.0 Å². The predicted octanol–water partition coefficient (Wildman–Crippen LogP) is -4.43. The minimum atomic E-state index is -1.86. The number of guanidine groups is 1. The molecule has 0 unspecified atom stereocenters. The van der Waals surface area contributed by atoms with Crippen LogP contribution in [0.1, 0.15) is 105 Å². The normalized spacial score (nSPS) is 14.5. The van der Waals surface area contributed by atoms with Crippen LogP contribution in [0.25, 0.3) is 0 Å². The molecule has 1 rings (SSSR count). The molecule has 22 N–H and O–H groups in total. The number of hydrogen-bond donors (Lipinski definition) is 18. The highest BCUT2D eigenvalue weighted by atomic mass is 32.1. The lowest BCUT2D eigenvalue weighted by atomic mass is 9.99. The number of rotatable bonds is 37. The quantitative estimate of drug-likeness (QED) is 0.0129. The Hall–Kier alpha value is -7.76. The van der Waals surface area contributed by atoms with E-state index in [0.29, 0.717) is 12.0 Å². The Morgan fingerprint density at radius 1 is 0.506 bits per heavy atom. The molecule has 9 atom stereocenters. The van der Waals surface area contributed by atoms with Crippen LogP contribution < -0.4 is 76.5 Å². The summed E-state index contributed by atoms with van der Waals surface area (Å²) in [5, 5.41) is 49.0. The molecule has 442 valence electrons. The van der Waals surface area contributed by atoms with E-state index in [1.165, 1.54) is 24.3 Å². The lowest BCUT2D eigenvalue weighted by Gasteiger charge is -2.28. The molecule has 0 spiro atoms. The van der Waals surface area contributed by atoms with Crippen LogP contribution in [-0.2, 0) is 64.0 Å². The molecule has 79 heavy (non-hydrogen) atoms. The largest absolute Gasteiger partial charge is 0.508 e. The van der Waals surface area contributed by atoms with E-state index < -0.39 is 150 Å². The number of carboxylic acid groups (broad SMARTS) is 1. The minimum Gasteiger partial charge on any atom is -0.508 e. The second-order valence-electron chi connectivity index (χ2n) is 20.2. The molecule has 0 bridgehead atoms. The first-order chi connectivity index (χ1) is 36.8. The van der Waals surface area contributed by atoms with Gasteiger partial charge in [0.05, 0.1) is 18.9 Å². The second kappa shape index (κ2) is 34.9. The van der Waals surface area contributed by atoms with Gasteiger partial charge in [0, 0.05) is 25.1 Å². The number of thiol groups is 1. The lowest BCUT2D eigenvalue weighted by Crippen LogP contribution is -2.61. The summed E-state index contributed by atoms with van der Waals surface area (Å²) < 4.78 is 0. The fourth-order valence-electron chi connectivity index (χ4n) is 7.64. The fourth-order valence-corrected chi connectivity index (χ4v) is 7.90. The van der Waals surface area contributed by atoms with Crippen molar-refractivity contribution in [3.63, 3.8) is 0 Å². The summed E-state index contributed by atoms with van der Waals surface area (Å²) in [5.74, 6) is -13.7. The predicted molar refractivity (Wildman–Crippen MR) is 290 cm³/mol. The molecule has 0 aliphatic carbocycles. The van der Waals surface area contributed by atoms with Gasteiger partial charge < -0.3 is 86.7 Å².